The lowest BCUT2D eigenvalue weighted by molar-refractivity contribution is -0.136. The smallest absolute Gasteiger partial charge is 0.411 e. The maximum absolute atomic E-state index is 13.8. The molecule has 1 unspecified atom stereocenters. The Morgan fingerprint density at radius 2 is 1.71 bits per heavy atom. The van der Waals surface area contributed by atoms with Crippen LogP contribution in [0.1, 0.15) is 59.8 Å². The first-order valence-electron chi connectivity index (χ1n) is 15.4. The average molecular weight is 621 g/mol. The predicted molar refractivity (Wildman–Crippen MR) is 171 cm³/mol. The quantitative estimate of drug-likeness (QED) is 0.398. The zero-order valence-electron chi connectivity index (χ0n) is 25.6. The number of hydrogen-bond donors (Lipinski definition) is 1. The summed E-state index contributed by atoms with van der Waals surface area (Å²) in [5, 5.41) is 2.35. The van der Waals surface area contributed by atoms with Crippen LogP contribution in [0.2, 0.25) is 0 Å². The first kappa shape index (κ1) is 32.6. The molecule has 3 aliphatic rings. The maximum atomic E-state index is 13.8. The van der Waals surface area contributed by atoms with Crippen molar-refractivity contribution in [2.75, 3.05) is 61.5 Å². The molecule has 2 saturated heterocycles. The highest BCUT2D eigenvalue weighted by Crippen LogP contribution is 2.29. The van der Waals surface area contributed by atoms with Gasteiger partial charge in [0.05, 0.1) is 6.61 Å². The van der Waals surface area contributed by atoms with Gasteiger partial charge in [-0.15, -0.1) is 11.8 Å². The maximum Gasteiger partial charge on any atom is 0.411 e. The molecule has 1 aliphatic carbocycles. The van der Waals surface area contributed by atoms with E-state index in [0.29, 0.717) is 43.7 Å². The van der Waals surface area contributed by atoms with E-state index in [1.807, 2.05) is 44.7 Å². The molecule has 2 aliphatic heterocycles. The van der Waals surface area contributed by atoms with Crippen LogP contribution in [0.25, 0.3) is 0 Å². The zero-order valence-corrected chi connectivity index (χ0v) is 27.3. The number of rotatable bonds is 10. The second kappa shape index (κ2) is 15.5. The van der Waals surface area contributed by atoms with Crippen LogP contribution in [0.5, 0.6) is 5.75 Å². The molecule has 0 aromatic heterocycles. The average Bonchev–Trinajstić information content (AvgIpc) is 3.47. The van der Waals surface area contributed by atoms with Crippen molar-refractivity contribution < 1.29 is 23.9 Å². The number of anilines is 1. The van der Waals surface area contributed by atoms with Crippen molar-refractivity contribution in [2.24, 2.45) is 5.92 Å². The van der Waals surface area contributed by atoms with Crippen molar-refractivity contribution in [3.05, 3.63) is 24.3 Å². The van der Waals surface area contributed by atoms with Crippen molar-refractivity contribution in [1.82, 2.24) is 15.1 Å². The normalized spacial score (nSPS) is 20.8. The van der Waals surface area contributed by atoms with E-state index in [4.69, 9.17) is 9.47 Å². The van der Waals surface area contributed by atoms with Crippen LogP contribution in [0, 0.1) is 5.92 Å². The molecular weight excluding hydrogens is 572 g/mol. The third kappa shape index (κ3) is 9.36. The van der Waals surface area contributed by atoms with Crippen LogP contribution in [0.15, 0.2) is 24.3 Å². The summed E-state index contributed by atoms with van der Waals surface area (Å²) in [6, 6.07) is 7.44. The number of amides is 3. The van der Waals surface area contributed by atoms with Gasteiger partial charge in [-0.25, -0.2) is 4.79 Å². The van der Waals surface area contributed by atoms with Gasteiger partial charge in [0, 0.05) is 49.9 Å². The Balaban J connectivity index is 1.37. The number of carbonyl (C=O) groups is 3. The van der Waals surface area contributed by atoms with Gasteiger partial charge in [-0.1, -0.05) is 19.3 Å². The van der Waals surface area contributed by atoms with Gasteiger partial charge >= 0.3 is 6.09 Å². The highest BCUT2D eigenvalue weighted by atomic mass is 32.2. The fourth-order valence-electron chi connectivity index (χ4n) is 5.64. The van der Waals surface area contributed by atoms with Crippen LogP contribution in [0.3, 0.4) is 0 Å². The standard InChI is InChI=1S/C31H48N4O5S2/c1-5-39-25-13-11-24(12-14-25)33-15-17-34(18-16-33)28(37)26(22-41-21-23-9-7-6-8-10-23)32-27(36)29-35(19-20-42-29)30(38)40-31(2,3)4/h11-14,23,26,29H,5-10,15-22H2,1-4H3,(H,32,36)/t26-,29?/m0/s1. The van der Waals surface area contributed by atoms with Crippen molar-refractivity contribution in [3.8, 4) is 5.75 Å². The number of hydrogen-bond acceptors (Lipinski definition) is 8. The summed E-state index contributed by atoms with van der Waals surface area (Å²) in [7, 11) is 0. The Morgan fingerprint density at radius 3 is 2.36 bits per heavy atom. The number of ether oxygens (including phenoxy) is 2. The lowest BCUT2D eigenvalue weighted by atomic mass is 9.91. The number of thioether (sulfide) groups is 2. The molecule has 1 saturated carbocycles. The second-order valence-corrected chi connectivity index (χ2v) is 14.5. The van der Waals surface area contributed by atoms with E-state index < -0.39 is 23.1 Å². The van der Waals surface area contributed by atoms with Crippen molar-refractivity contribution in [1.29, 1.82) is 0 Å². The highest BCUT2D eigenvalue weighted by Gasteiger charge is 2.39. The summed E-state index contributed by atoms with van der Waals surface area (Å²) in [6.07, 6.45) is 5.87. The molecule has 3 amide bonds. The molecule has 3 fully saturated rings. The predicted octanol–water partition coefficient (Wildman–Crippen LogP) is 4.84. The lowest BCUT2D eigenvalue weighted by Crippen LogP contribution is -2.57. The van der Waals surface area contributed by atoms with Crippen LogP contribution in [0.4, 0.5) is 10.5 Å². The summed E-state index contributed by atoms with van der Waals surface area (Å²) in [6.45, 7) is 11.1. The van der Waals surface area contributed by atoms with E-state index in [1.54, 1.807) is 11.8 Å². The van der Waals surface area contributed by atoms with Gasteiger partial charge in [0.2, 0.25) is 5.91 Å². The fraction of sp³-hybridized carbons (Fsp3) is 0.710. The molecule has 9 nitrogen and oxygen atoms in total. The molecule has 0 bridgehead atoms. The lowest BCUT2D eigenvalue weighted by Gasteiger charge is -2.38. The molecule has 0 radical (unpaired) electrons. The summed E-state index contributed by atoms with van der Waals surface area (Å²) < 4.78 is 11.1. The Bertz CT molecular complexity index is 1040. The molecule has 11 heteroatoms. The van der Waals surface area contributed by atoms with Crippen LogP contribution < -0.4 is 15.0 Å². The third-order valence-corrected chi connectivity index (χ3v) is 10.3. The zero-order chi connectivity index (χ0) is 30.1. The van der Waals surface area contributed by atoms with Gasteiger partial charge in [0.1, 0.15) is 17.4 Å². The van der Waals surface area contributed by atoms with E-state index in [-0.39, 0.29) is 11.8 Å². The molecule has 234 valence electrons. The number of carbonyl (C=O) groups excluding carboxylic acids is 3. The Hall–Kier alpha value is -2.27. The molecule has 0 spiro atoms. The SMILES string of the molecule is CCOc1ccc(N2CCN(C(=O)[C@H](CSCC3CCCCC3)NC(=O)C3SCCN3C(=O)OC(C)(C)C)CC2)cc1. The second-order valence-electron chi connectivity index (χ2n) is 12.2. The van der Waals surface area contributed by atoms with Gasteiger partial charge in [0.25, 0.3) is 5.91 Å². The third-order valence-electron chi connectivity index (χ3n) is 7.82. The summed E-state index contributed by atoms with van der Waals surface area (Å²) >= 11 is 3.18. The first-order chi connectivity index (χ1) is 20.1. The largest absolute Gasteiger partial charge is 0.494 e. The van der Waals surface area contributed by atoms with Crippen LogP contribution in [-0.2, 0) is 14.3 Å². The minimum Gasteiger partial charge on any atom is -0.494 e. The fourth-order valence-corrected chi connectivity index (χ4v) is 8.02. The van der Waals surface area contributed by atoms with Crippen molar-refractivity contribution in [2.45, 2.75) is 76.8 Å². The molecule has 2 atom stereocenters. The number of nitrogens with one attached hydrogen (secondary N) is 1. The Kier molecular flexibility index (Phi) is 12.0. The minimum absolute atomic E-state index is 0.0438. The first-order valence-corrected chi connectivity index (χ1v) is 17.6. The molecule has 1 aromatic carbocycles. The Labute approximate surface area is 259 Å². The highest BCUT2D eigenvalue weighted by molar-refractivity contribution is 8.00. The van der Waals surface area contributed by atoms with Gasteiger partial charge in [-0.2, -0.15) is 11.8 Å². The number of nitrogens with zero attached hydrogens (tertiary/aromatic N) is 3. The van der Waals surface area contributed by atoms with E-state index >= 15 is 0 Å². The van der Waals surface area contributed by atoms with Crippen molar-refractivity contribution >= 4 is 47.1 Å². The van der Waals surface area contributed by atoms with E-state index in [2.05, 4.69) is 22.3 Å². The van der Waals surface area contributed by atoms with Crippen LogP contribution in [-0.4, -0.2) is 101 Å². The monoisotopic (exact) mass is 620 g/mol. The van der Waals surface area contributed by atoms with Gasteiger partial charge in [-0.05, 0) is 76.5 Å². The molecule has 2 heterocycles. The minimum atomic E-state index is -0.699. The summed E-state index contributed by atoms with van der Waals surface area (Å²) in [5.74, 6) is 3.38. The van der Waals surface area contributed by atoms with Crippen molar-refractivity contribution in [3.63, 3.8) is 0 Å². The van der Waals surface area contributed by atoms with E-state index in [0.717, 1.165) is 30.3 Å². The van der Waals surface area contributed by atoms with E-state index in [1.165, 1.54) is 48.8 Å². The molecule has 1 N–H and O–H groups in total. The Morgan fingerprint density at radius 1 is 1.02 bits per heavy atom. The number of piperazine rings is 1. The van der Waals surface area contributed by atoms with Crippen LogP contribution >= 0.6 is 23.5 Å². The molecule has 1 aromatic rings. The summed E-state index contributed by atoms with van der Waals surface area (Å²) in [5.41, 5.74) is 0.464. The van der Waals surface area contributed by atoms with Gasteiger partial charge < -0.3 is 24.6 Å². The molecule has 4 rings (SSSR count). The topological polar surface area (TPSA) is 91.4 Å². The van der Waals surface area contributed by atoms with E-state index in [9.17, 15) is 14.4 Å². The number of benzene rings is 1. The molecule has 42 heavy (non-hydrogen) atoms. The van der Waals surface area contributed by atoms with Gasteiger partial charge in [-0.3, -0.25) is 14.5 Å². The summed E-state index contributed by atoms with van der Waals surface area (Å²) in [4.78, 5) is 45.8. The molecular formula is C31H48N4O5S2. The van der Waals surface area contributed by atoms with Gasteiger partial charge in [0.15, 0.2) is 5.37 Å².